The molecule has 2 aromatic rings. The van der Waals surface area contributed by atoms with E-state index >= 15 is 0 Å². The first-order chi connectivity index (χ1) is 11.3. The SMILES string of the molecule is Fc1ccc(C(Nc2ccccc2)C2CCCCCCC2)cc1. The van der Waals surface area contributed by atoms with Crippen LogP contribution in [0.5, 0.6) is 0 Å². The van der Waals surface area contributed by atoms with Gasteiger partial charge in [0.1, 0.15) is 5.82 Å². The van der Waals surface area contributed by atoms with Crippen LogP contribution in [0.1, 0.15) is 56.6 Å². The third-order valence-electron chi connectivity index (χ3n) is 4.95. The summed E-state index contributed by atoms with van der Waals surface area (Å²) in [6, 6.07) is 17.7. The number of hydrogen-bond donors (Lipinski definition) is 1. The van der Waals surface area contributed by atoms with Crippen molar-refractivity contribution in [2.45, 2.75) is 51.0 Å². The lowest BCUT2D eigenvalue weighted by Gasteiger charge is -2.31. The highest BCUT2D eigenvalue weighted by atomic mass is 19.1. The number of rotatable bonds is 4. The van der Waals surface area contributed by atoms with Crippen LogP contribution in [0.2, 0.25) is 0 Å². The minimum absolute atomic E-state index is 0.162. The summed E-state index contributed by atoms with van der Waals surface area (Å²) < 4.78 is 13.3. The molecule has 0 radical (unpaired) electrons. The van der Waals surface area contributed by atoms with Crippen molar-refractivity contribution in [1.82, 2.24) is 0 Å². The van der Waals surface area contributed by atoms with Gasteiger partial charge in [-0.2, -0.15) is 0 Å². The second-order valence-corrected chi connectivity index (χ2v) is 6.64. The van der Waals surface area contributed by atoms with Gasteiger partial charge in [0, 0.05) is 5.69 Å². The van der Waals surface area contributed by atoms with E-state index in [1.54, 1.807) is 12.1 Å². The van der Waals surface area contributed by atoms with Crippen molar-refractivity contribution in [3.63, 3.8) is 0 Å². The Labute approximate surface area is 138 Å². The zero-order chi connectivity index (χ0) is 15.9. The second kappa shape index (κ2) is 8.14. The van der Waals surface area contributed by atoms with Gasteiger partial charge in [0.25, 0.3) is 0 Å². The van der Waals surface area contributed by atoms with Gasteiger partial charge in [-0.3, -0.25) is 0 Å². The Morgan fingerprint density at radius 2 is 1.39 bits per heavy atom. The molecule has 0 amide bonds. The molecule has 0 saturated heterocycles. The summed E-state index contributed by atoms with van der Waals surface area (Å²) >= 11 is 0. The highest BCUT2D eigenvalue weighted by Crippen LogP contribution is 2.35. The molecule has 0 spiro atoms. The van der Waals surface area contributed by atoms with Crippen LogP contribution in [0.3, 0.4) is 0 Å². The molecular weight excluding hydrogens is 285 g/mol. The molecule has 1 nitrogen and oxygen atoms in total. The van der Waals surface area contributed by atoms with E-state index in [1.165, 1.54) is 50.5 Å². The Balaban J connectivity index is 1.83. The Hall–Kier alpha value is -1.83. The molecule has 2 heteroatoms. The number of benzene rings is 2. The van der Waals surface area contributed by atoms with Crippen molar-refractivity contribution in [3.8, 4) is 0 Å². The fourth-order valence-corrected chi connectivity index (χ4v) is 3.68. The predicted octanol–water partition coefficient (Wildman–Crippen LogP) is 6.34. The van der Waals surface area contributed by atoms with Gasteiger partial charge in [-0.05, 0) is 48.6 Å². The van der Waals surface area contributed by atoms with Crippen LogP contribution < -0.4 is 5.32 Å². The molecule has 0 aromatic heterocycles. The monoisotopic (exact) mass is 311 g/mol. The third kappa shape index (κ3) is 4.57. The molecule has 23 heavy (non-hydrogen) atoms. The van der Waals surface area contributed by atoms with Crippen LogP contribution >= 0.6 is 0 Å². The first-order valence-corrected chi connectivity index (χ1v) is 8.90. The molecule has 1 saturated carbocycles. The quantitative estimate of drug-likeness (QED) is 0.694. The molecule has 1 atom stereocenters. The van der Waals surface area contributed by atoms with Crippen LogP contribution in [-0.4, -0.2) is 0 Å². The van der Waals surface area contributed by atoms with Gasteiger partial charge in [0.2, 0.25) is 0 Å². The summed E-state index contributed by atoms with van der Waals surface area (Å²) in [7, 11) is 0. The van der Waals surface area contributed by atoms with Crippen LogP contribution in [0.4, 0.5) is 10.1 Å². The topological polar surface area (TPSA) is 12.0 Å². The molecule has 1 N–H and O–H groups in total. The molecule has 1 unspecified atom stereocenters. The van der Waals surface area contributed by atoms with Crippen molar-refractivity contribution >= 4 is 5.69 Å². The summed E-state index contributed by atoms with van der Waals surface area (Å²) in [5.41, 5.74) is 2.34. The molecule has 2 aromatic carbocycles. The van der Waals surface area contributed by atoms with Gasteiger partial charge >= 0.3 is 0 Å². The summed E-state index contributed by atoms with van der Waals surface area (Å²) in [5, 5.41) is 3.71. The summed E-state index contributed by atoms with van der Waals surface area (Å²) in [6.07, 6.45) is 9.18. The van der Waals surface area contributed by atoms with E-state index in [-0.39, 0.29) is 11.9 Å². The largest absolute Gasteiger partial charge is 0.378 e. The van der Waals surface area contributed by atoms with Crippen LogP contribution in [0.25, 0.3) is 0 Å². The van der Waals surface area contributed by atoms with Crippen LogP contribution in [-0.2, 0) is 0 Å². The van der Waals surface area contributed by atoms with Gasteiger partial charge < -0.3 is 5.32 Å². The number of halogens is 1. The van der Waals surface area contributed by atoms with E-state index in [0.717, 1.165) is 5.69 Å². The lowest BCUT2D eigenvalue weighted by Crippen LogP contribution is -2.22. The predicted molar refractivity (Wildman–Crippen MR) is 95.0 cm³/mol. The van der Waals surface area contributed by atoms with E-state index in [1.807, 2.05) is 18.2 Å². The van der Waals surface area contributed by atoms with Gasteiger partial charge in [-0.25, -0.2) is 4.39 Å². The zero-order valence-corrected chi connectivity index (χ0v) is 13.7. The van der Waals surface area contributed by atoms with Crippen molar-refractivity contribution in [1.29, 1.82) is 0 Å². The van der Waals surface area contributed by atoms with Crippen molar-refractivity contribution in [3.05, 3.63) is 66.0 Å². The van der Waals surface area contributed by atoms with E-state index < -0.39 is 0 Å². The second-order valence-electron chi connectivity index (χ2n) is 6.64. The molecule has 1 aliphatic carbocycles. The maximum absolute atomic E-state index is 13.3. The zero-order valence-electron chi connectivity index (χ0n) is 13.7. The number of nitrogens with one attached hydrogen (secondary N) is 1. The summed E-state index contributed by atoms with van der Waals surface area (Å²) in [6.45, 7) is 0. The first-order valence-electron chi connectivity index (χ1n) is 8.90. The fourth-order valence-electron chi connectivity index (χ4n) is 3.68. The Morgan fingerprint density at radius 3 is 2.04 bits per heavy atom. The average Bonchev–Trinajstić information content (AvgIpc) is 2.55. The minimum atomic E-state index is -0.162. The van der Waals surface area contributed by atoms with Crippen molar-refractivity contribution in [2.24, 2.45) is 5.92 Å². The number of para-hydroxylation sites is 1. The highest BCUT2D eigenvalue weighted by Gasteiger charge is 2.23. The smallest absolute Gasteiger partial charge is 0.123 e. The fraction of sp³-hybridized carbons (Fsp3) is 0.429. The first kappa shape index (κ1) is 16.0. The molecular formula is C21H26FN. The Morgan fingerprint density at radius 1 is 0.783 bits per heavy atom. The van der Waals surface area contributed by atoms with E-state index in [2.05, 4.69) is 29.6 Å². The van der Waals surface area contributed by atoms with Gasteiger partial charge in [0.15, 0.2) is 0 Å². The molecule has 1 fully saturated rings. The minimum Gasteiger partial charge on any atom is -0.378 e. The van der Waals surface area contributed by atoms with E-state index in [9.17, 15) is 4.39 Å². The lowest BCUT2D eigenvalue weighted by atomic mass is 9.82. The molecule has 1 aliphatic rings. The van der Waals surface area contributed by atoms with Gasteiger partial charge in [-0.15, -0.1) is 0 Å². The third-order valence-corrected chi connectivity index (χ3v) is 4.95. The molecule has 0 bridgehead atoms. The van der Waals surface area contributed by atoms with Gasteiger partial charge in [-0.1, -0.05) is 62.4 Å². The molecule has 122 valence electrons. The average molecular weight is 311 g/mol. The van der Waals surface area contributed by atoms with Gasteiger partial charge in [0.05, 0.1) is 6.04 Å². The molecule has 0 heterocycles. The van der Waals surface area contributed by atoms with E-state index in [0.29, 0.717) is 5.92 Å². The molecule has 0 aliphatic heterocycles. The van der Waals surface area contributed by atoms with Crippen LogP contribution in [0, 0.1) is 11.7 Å². The van der Waals surface area contributed by atoms with Crippen molar-refractivity contribution < 1.29 is 4.39 Å². The summed E-state index contributed by atoms with van der Waals surface area (Å²) in [4.78, 5) is 0. The van der Waals surface area contributed by atoms with Crippen LogP contribution in [0.15, 0.2) is 54.6 Å². The lowest BCUT2D eigenvalue weighted by molar-refractivity contribution is 0.340. The highest BCUT2D eigenvalue weighted by molar-refractivity contribution is 5.45. The van der Waals surface area contributed by atoms with E-state index in [4.69, 9.17) is 0 Å². The maximum Gasteiger partial charge on any atom is 0.123 e. The normalized spacial score (nSPS) is 18.0. The Bertz CT molecular complexity index is 571. The maximum atomic E-state index is 13.3. The summed E-state index contributed by atoms with van der Waals surface area (Å²) in [5.74, 6) is 0.450. The number of hydrogen-bond acceptors (Lipinski definition) is 1. The standard InChI is InChI=1S/C21H26FN/c22-19-15-13-18(14-16-19)21(23-20-11-7-4-8-12-20)17-9-5-2-1-3-6-10-17/h4,7-8,11-17,21,23H,1-3,5-6,9-10H2. The number of anilines is 1. The molecule has 3 rings (SSSR count). The van der Waals surface area contributed by atoms with Crippen molar-refractivity contribution in [2.75, 3.05) is 5.32 Å². The Kier molecular flexibility index (Phi) is 5.68.